The van der Waals surface area contributed by atoms with Crippen molar-refractivity contribution in [2.24, 2.45) is 0 Å². The zero-order valence-corrected chi connectivity index (χ0v) is 20.2. The van der Waals surface area contributed by atoms with Gasteiger partial charge in [-0.25, -0.2) is 0 Å². The fourth-order valence-corrected chi connectivity index (χ4v) is 3.95. The number of amides is 2. The van der Waals surface area contributed by atoms with Crippen LogP contribution in [-0.2, 0) is 6.42 Å². The van der Waals surface area contributed by atoms with Crippen LogP contribution in [-0.4, -0.2) is 53.6 Å². The number of aromatic amines is 1. The molecule has 168 valence electrons. The Bertz CT molecular complexity index is 1070. The summed E-state index contributed by atoms with van der Waals surface area (Å²) < 4.78 is 0.377. The molecule has 3 N–H and O–H groups in total. The zero-order chi connectivity index (χ0) is 23.1. The van der Waals surface area contributed by atoms with Crippen LogP contribution in [0, 0.1) is 0 Å². The summed E-state index contributed by atoms with van der Waals surface area (Å²) in [5, 5.41) is 12.9. The number of carbonyl (C=O) groups is 2. The molecule has 2 aromatic carbocycles. The number of benzene rings is 2. The normalized spacial score (nSPS) is 11.9. The van der Waals surface area contributed by atoms with Gasteiger partial charge in [-0.2, -0.15) is 5.10 Å². The number of aryl methyl sites for hydroxylation is 1. The van der Waals surface area contributed by atoms with E-state index in [0.29, 0.717) is 21.6 Å². The van der Waals surface area contributed by atoms with E-state index in [9.17, 15) is 9.59 Å². The monoisotopic (exact) mass is 517 g/mol. The molecule has 7 nitrogen and oxygen atoms in total. The van der Waals surface area contributed by atoms with Crippen molar-refractivity contribution >= 4 is 45.2 Å². The average molecular weight is 519 g/mol. The molecule has 1 atom stereocenters. The number of H-pyrrole nitrogens is 1. The molecule has 0 fully saturated rings. The highest BCUT2D eigenvalue weighted by Crippen LogP contribution is 2.25. The van der Waals surface area contributed by atoms with Gasteiger partial charge in [-0.3, -0.25) is 14.7 Å². The fourth-order valence-electron chi connectivity index (χ4n) is 3.27. The zero-order valence-electron chi connectivity index (χ0n) is 17.9. The maximum atomic E-state index is 12.9. The number of carbonyl (C=O) groups excluding carboxylic acids is 2. The Morgan fingerprint density at radius 1 is 1.09 bits per heavy atom. The van der Waals surface area contributed by atoms with Crippen LogP contribution in [0.2, 0.25) is 5.02 Å². The molecule has 1 aromatic heterocycles. The number of hydrogen-bond acceptors (Lipinski definition) is 4. The molecular weight excluding hydrogens is 494 g/mol. The third kappa shape index (κ3) is 6.41. The number of aromatic nitrogens is 2. The number of nitrogens with one attached hydrogen (secondary N) is 3. The van der Waals surface area contributed by atoms with Crippen LogP contribution in [0.4, 0.5) is 5.82 Å². The van der Waals surface area contributed by atoms with Crippen LogP contribution in [0.5, 0.6) is 0 Å². The number of hydrogen-bond donors (Lipinski definition) is 3. The molecule has 0 saturated heterocycles. The first-order valence-corrected chi connectivity index (χ1v) is 11.3. The van der Waals surface area contributed by atoms with Gasteiger partial charge in [0.25, 0.3) is 11.8 Å². The van der Waals surface area contributed by atoms with Gasteiger partial charge in [-0.15, -0.1) is 0 Å². The average Bonchev–Trinajstić information content (AvgIpc) is 3.12. The van der Waals surface area contributed by atoms with Crippen molar-refractivity contribution in [1.82, 2.24) is 20.4 Å². The van der Waals surface area contributed by atoms with Crippen molar-refractivity contribution in [3.8, 4) is 0 Å². The molecule has 1 heterocycles. The van der Waals surface area contributed by atoms with Gasteiger partial charge < -0.3 is 15.5 Å². The first kappa shape index (κ1) is 24.0. The Balaban J connectivity index is 1.67. The molecule has 9 heteroatoms. The Morgan fingerprint density at radius 3 is 2.47 bits per heavy atom. The molecule has 2 amide bonds. The molecule has 3 rings (SSSR count). The van der Waals surface area contributed by atoms with Gasteiger partial charge >= 0.3 is 0 Å². The third-order valence-electron chi connectivity index (χ3n) is 4.83. The first-order valence-electron chi connectivity index (χ1n) is 10.1. The summed E-state index contributed by atoms with van der Waals surface area (Å²) in [7, 11) is 3.94. The Hall–Kier alpha value is -2.68. The van der Waals surface area contributed by atoms with Crippen molar-refractivity contribution in [2.75, 3.05) is 26.0 Å². The minimum atomic E-state index is -0.414. The first-order chi connectivity index (χ1) is 15.3. The molecule has 0 saturated carbocycles. The third-order valence-corrected chi connectivity index (χ3v) is 5.93. The van der Waals surface area contributed by atoms with Gasteiger partial charge in [0, 0.05) is 12.6 Å². The number of anilines is 1. The summed E-state index contributed by atoms with van der Waals surface area (Å²) >= 11 is 9.46. The lowest BCUT2D eigenvalue weighted by Gasteiger charge is -2.22. The summed E-state index contributed by atoms with van der Waals surface area (Å²) in [6, 6.07) is 16.8. The quantitative estimate of drug-likeness (QED) is 0.392. The van der Waals surface area contributed by atoms with Crippen LogP contribution >= 0.6 is 27.5 Å². The molecule has 0 aliphatic carbocycles. The lowest BCUT2D eigenvalue weighted by atomic mass is 10.0. The molecule has 0 aliphatic rings. The molecule has 0 aliphatic heterocycles. The summed E-state index contributed by atoms with van der Waals surface area (Å²) in [6.45, 7) is 0.695. The molecule has 0 bridgehead atoms. The Labute approximate surface area is 200 Å². The predicted octanol–water partition coefficient (Wildman–Crippen LogP) is 4.37. The van der Waals surface area contributed by atoms with E-state index < -0.39 is 5.91 Å². The van der Waals surface area contributed by atoms with Crippen LogP contribution in [0.25, 0.3) is 0 Å². The van der Waals surface area contributed by atoms with E-state index in [-0.39, 0.29) is 23.5 Å². The molecular formula is C23H25BrClN5O2. The summed E-state index contributed by atoms with van der Waals surface area (Å²) in [5.41, 5.74) is 1.78. The van der Waals surface area contributed by atoms with Crippen molar-refractivity contribution < 1.29 is 9.59 Å². The van der Waals surface area contributed by atoms with Gasteiger partial charge in [0.1, 0.15) is 5.69 Å². The number of rotatable bonds is 9. The molecule has 0 spiro atoms. The van der Waals surface area contributed by atoms with E-state index in [2.05, 4.69) is 48.9 Å². The number of likely N-dealkylation sites (N-methyl/N-ethyl adjacent to an activating group) is 1. The van der Waals surface area contributed by atoms with Gasteiger partial charge in [0.05, 0.1) is 15.1 Å². The SMILES string of the molecule is CN(C)CC(CCc1ccccc1)NC(=O)c1[nH]nc(NC(=O)c2ccccc2Cl)c1Br. The topological polar surface area (TPSA) is 90.1 Å². The number of nitrogens with zero attached hydrogens (tertiary/aromatic N) is 2. The van der Waals surface area contributed by atoms with Gasteiger partial charge in [-0.1, -0.05) is 54.1 Å². The minimum Gasteiger partial charge on any atom is -0.347 e. The van der Waals surface area contributed by atoms with E-state index in [1.165, 1.54) is 5.56 Å². The second-order valence-electron chi connectivity index (χ2n) is 7.65. The molecule has 0 radical (unpaired) electrons. The van der Waals surface area contributed by atoms with Gasteiger partial charge in [0.2, 0.25) is 0 Å². The predicted molar refractivity (Wildman–Crippen MR) is 130 cm³/mol. The largest absolute Gasteiger partial charge is 0.347 e. The van der Waals surface area contributed by atoms with Crippen LogP contribution in [0.3, 0.4) is 0 Å². The smallest absolute Gasteiger partial charge is 0.270 e. The molecule has 3 aromatic rings. The van der Waals surface area contributed by atoms with Crippen molar-refractivity contribution in [2.45, 2.75) is 18.9 Å². The lowest BCUT2D eigenvalue weighted by molar-refractivity contribution is 0.0921. The maximum absolute atomic E-state index is 12.9. The van der Waals surface area contributed by atoms with E-state index >= 15 is 0 Å². The Morgan fingerprint density at radius 2 is 1.78 bits per heavy atom. The van der Waals surface area contributed by atoms with Crippen LogP contribution in [0.1, 0.15) is 32.8 Å². The van der Waals surface area contributed by atoms with E-state index in [1.54, 1.807) is 24.3 Å². The molecule has 1 unspecified atom stereocenters. The summed E-state index contributed by atoms with van der Waals surface area (Å²) in [5.74, 6) is -0.501. The van der Waals surface area contributed by atoms with Gasteiger partial charge in [0.15, 0.2) is 5.82 Å². The Kier molecular flexibility index (Phi) is 8.44. The highest BCUT2D eigenvalue weighted by Gasteiger charge is 2.22. The van der Waals surface area contributed by atoms with Crippen LogP contribution in [0.15, 0.2) is 59.1 Å². The van der Waals surface area contributed by atoms with Crippen molar-refractivity contribution in [3.05, 3.63) is 80.9 Å². The maximum Gasteiger partial charge on any atom is 0.270 e. The standard InChI is InChI=1S/C23H25BrClN5O2/c1-30(2)14-16(13-12-15-8-4-3-5-9-15)26-23(32)20-19(24)21(29-28-20)27-22(31)17-10-6-7-11-18(17)25/h3-11,16H,12-14H2,1-2H3,(H,26,32)(H2,27,28,29,31). The molecule has 32 heavy (non-hydrogen) atoms. The van der Waals surface area contributed by atoms with E-state index in [4.69, 9.17) is 11.6 Å². The van der Waals surface area contributed by atoms with E-state index in [1.807, 2.05) is 37.2 Å². The number of halogens is 2. The van der Waals surface area contributed by atoms with Crippen molar-refractivity contribution in [3.63, 3.8) is 0 Å². The summed E-state index contributed by atoms with van der Waals surface area (Å²) in [4.78, 5) is 27.5. The second kappa shape index (κ2) is 11.3. The van der Waals surface area contributed by atoms with Gasteiger partial charge in [-0.05, 0) is 60.6 Å². The highest BCUT2D eigenvalue weighted by molar-refractivity contribution is 9.10. The second-order valence-corrected chi connectivity index (χ2v) is 8.85. The summed E-state index contributed by atoms with van der Waals surface area (Å²) in [6.07, 6.45) is 1.64. The van der Waals surface area contributed by atoms with E-state index in [0.717, 1.165) is 12.8 Å². The van der Waals surface area contributed by atoms with Crippen LogP contribution < -0.4 is 10.6 Å². The minimum absolute atomic E-state index is 0.0610. The van der Waals surface area contributed by atoms with Crippen molar-refractivity contribution in [1.29, 1.82) is 0 Å². The highest BCUT2D eigenvalue weighted by atomic mass is 79.9. The lowest BCUT2D eigenvalue weighted by Crippen LogP contribution is -2.42. The fraction of sp³-hybridized carbons (Fsp3) is 0.261.